The standard InChI is InChI=1S/C19H16N4O3/c1-12-21-22-19(25-12)14-9-5-6-10-15(14)20-18(24)16-11-17(26-23-16)13-7-3-2-4-8-13/h2-10,17H,11H2,1H3,(H,20,24). The van der Waals surface area contributed by atoms with Crippen molar-refractivity contribution in [1.82, 2.24) is 10.2 Å². The first-order valence-corrected chi connectivity index (χ1v) is 8.19. The van der Waals surface area contributed by atoms with E-state index in [0.29, 0.717) is 35.2 Å². The summed E-state index contributed by atoms with van der Waals surface area (Å²) in [5.74, 6) is 0.498. The number of nitrogens with one attached hydrogen (secondary N) is 1. The van der Waals surface area contributed by atoms with Crippen LogP contribution in [0.2, 0.25) is 0 Å². The number of para-hydroxylation sites is 1. The van der Waals surface area contributed by atoms with Crippen LogP contribution in [0.1, 0.15) is 24.0 Å². The number of carbonyl (C=O) groups is 1. The van der Waals surface area contributed by atoms with Gasteiger partial charge in [-0.15, -0.1) is 10.2 Å². The molecule has 1 amide bonds. The van der Waals surface area contributed by atoms with Crippen LogP contribution in [0.25, 0.3) is 11.5 Å². The second kappa shape index (κ2) is 6.79. The van der Waals surface area contributed by atoms with Crippen molar-refractivity contribution in [3.63, 3.8) is 0 Å². The van der Waals surface area contributed by atoms with Gasteiger partial charge >= 0.3 is 0 Å². The van der Waals surface area contributed by atoms with E-state index in [9.17, 15) is 4.79 Å². The molecule has 0 aliphatic carbocycles. The van der Waals surface area contributed by atoms with Gasteiger partial charge in [-0.25, -0.2) is 0 Å². The minimum absolute atomic E-state index is 0.245. The highest BCUT2D eigenvalue weighted by molar-refractivity contribution is 6.43. The third-order valence-electron chi connectivity index (χ3n) is 4.03. The molecular weight excluding hydrogens is 332 g/mol. The quantitative estimate of drug-likeness (QED) is 0.779. The van der Waals surface area contributed by atoms with Crippen LogP contribution in [0.15, 0.2) is 64.2 Å². The zero-order chi connectivity index (χ0) is 17.9. The third-order valence-corrected chi connectivity index (χ3v) is 4.03. The first-order valence-electron chi connectivity index (χ1n) is 8.19. The monoisotopic (exact) mass is 348 g/mol. The van der Waals surface area contributed by atoms with Gasteiger partial charge < -0.3 is 14.6 Å². The summed E-state index contributed by atoms with van der Waals surface area (Å²) in [4.78, 5) is 18.0. The molecule has 26 heavy (non-hydrogen) atoms. The van der Waals surface area contributed by atoms with Crippen LogP contribution in [0.4, 0.5) is 5.69 Å². The van der Waals surface area contributed by atoms with Gasteiger partial charge in [0.15, 0.2) is 6.10 Å². The molecule has 1 aromatic heterocycles. The molecule has 0 spiro atoms. The second-order valence-corrected chi connectivity index (χ2v) is 5.87. The molecule has 7 heteroatoms. The molecule has 1 aliphatic heterocycles. The topological polar surface area (TPSA) is 89.6 Å². The molecule has 3 aromatic rings. The maximum Gasteiger partial charge on any atom is 0.273 e. The van der Waals surface area contributed by atoms with Crippen LogP contribution in [-0.2, 0) is 9.63 Å². The Hall–Kier alpha value is -3.48. The van der Waals surface area contributed by atoms with Gasteiger partial charge in [-0.1, -0.05) is 47.6 Å². The van der Waals surface area contributed by atoms with E-state index >= 15 is 0 Å². The Morgan fingerprint density at radius 1 is 1.08 bits per heavy atom. The molecular formula is C19H16N4O3. The van der Waals surface area contributed by atoms with Crippen molar-refractivity contribution in [3.8, 4) is 11.5 Å². The average molecular weight is 348 g/mol. The van der Waals surface area contributed by atoms with Crippen molar-refractivity contribution in [3.05, 3.63) is 66.1 Å². The predicted molar refractivity (Wildman–Crippen MR) is 95.4 cm³/mol. The lowest BCUT2D eigenvalue weighted by Gasteiger charge is -2.09. The number of carbonyl (C=O) groups excluding carboxylic acids is 1. The summed E-state index contributed by atoms with van der Waals surface area (Å²) < 4.78 is 5.46. The van der Waals surface area contributed by atoms with Crippen molar-refractivity contribution >= 4 is 17.3 Å². The molecule has 130 valence electrons. The molecule has 7 nitrogen and oxygen atoms in total. The summed E-state index contributed by atoms with van der Waals surface area (Å²) in [5, 5.41) is 14.6. The summed E-state index contributed by atoms with van der Waals surface area (Å²) in [7, 11) is 0. The van der Waals surface area contributed by atoms with Crippen LogP contribution in [0, 0.1) is 6.92 Å². The molecule has 2 heterocycles. The summed E-state index contributed by atoms with van der Waals surface area (Å²) in [6.45, 7) is 1.71. The van der Waals surface area contributed by atoms with Gasteiger partial charge in [0.1, 0.15) is 5.71 Å². The maximum atomic E-state index is 12.6. The fourth-order valence-electron chi connectivity index (χ4n) is 2.74. The lowest BCUT2D eigenvalue weighted by atomic mass is 10.0. The van der Waals surface area contributed by atoms with Crippen LogP contribution < -0.4 is 5.32 Å². The molecule has 4 rings (SSSR count). The zero-order valence-corrected chi connectivity index (χ0v) is 14.0. The molecule has 0 saturated heterocycles. The highest BCUT2D eigenvalue weighted by atomic mass is 16.6. The Kier molecular flexibility index (Phi) is 4.18. The van der Waals surface area contributed by atoms with E-state index in [1.54, 1.807) is 13.0 Å². The van der Waals surface area contributed by atoms with Crippen molar-refractivity contribution in [2.24, 2.45) is 5.16 Å². The van der Waals surface area contributed by atoms with Crippen LogP contribution in [0.3, 0.4) is 0 Å². The Balaban J connectivity index is 1.50. The fourth-order valence-corrected chi connectivity index (χ4v) is 2.74. The molecule has 1 N–H and O–H groups in total. The Bertz CT molecular complexity index is 966. The number of hydrogen-bond donors (Lipinski definition) is 1. The number of rotatable bonds is 4. The van der Waals surface area contributed by atoms with Gasteiger partial charge in [0, 0.05) is 13.3 Å². The highest BCUT2D eigenvalue weighted by Gasteiger charge is 2.27. The summed E-state index contributed by atoms with van der Waals surface area (Å²) in [5.41, 5.74) is 2.56. The first kappa shape index (κ1) is 16.0. The molecule has 0 radical (unpaired) electrons. The number of amides is 1. The molecule has 1 unspecified atom stereocenters. The lowest BCUT2D eigenvalue weighted by Crippen LogP contribution is -2.22. The van der Waals surface area contributed by atoms with Crippen molar-refractivity contribution in [2.75, 3.05) is 5.32 Å². The minimum atomic E-state index is -0.313. The van der Waals surface area contributed by atoms with Crippen molar-refractivity contribution < 1.29 is 14.0 Å². The molecule has 0 fully saturated rings. The smallest absolute Gasteiger partial charge is 0.273 e. The predicted octanol–water partition coefficient (Wildman–Crippen LogP) is 3.50. The molecule has 1 atom stereocenters. The van der Waals surface area contributed by atoms with Crippen molar-refractivity contribution in [1.29, 1.82) is 0 Å². The van der Waals surface area contributed by atoms with E-state index < -0.39 is 0 Å². The van der Waals surface area contributed by atoms with Gasteiger partial charge in [0.2, 0.25) is 11.8 Å². The lowest BCUT2D eigenvalue weighted by molar-refractivity contribution is -0.110. The number of hydrogen-bond acceptors (Lipinski definition) is 6. The largest absolute Gasteiger partial charge is 0.421 e. The van der Waals surface area contributed by atoms with Crippen LogP contribution in [-0.4, -0.2) is 21.8 Å². The number of benzene rings is 2. The SMILES string of the molecule is Cc1nnc(-c2ccccc2NC(=O)C2=NOC(c3ccccc3)C2)o1. The number of aromatic nitrogens is 2. The summed E-state index contributed by atoms with van der Waals surface area (Å²) >= 11 is 0. The molecule has 0 saturated carbocycles. The van der Waals surface area contributed by atoms with E-state index in [1.165, 1.54) is 0 Å². The molecule has 2 aromatic carbocycles. The Morgan fingerprint density at radius 2 is 1.85 bits per heavy atom. The highest BCUT2D eigenvalue weighted by Crippen LogP contribution is 2.29. The zero-order valence-electron chi connectivity index (χ0n) is 14.0. The van der Waals surface area contributed by atoms with E-state index in [4.69, 9.17) is 9.25 Å². The number of anilines is 1. The van der Waals surface area contributed by atoms with Gasteiger partial charge in [-0.3, -0.25) is 4.79 Å². The summed E-state index contributed by atoms with van der Waals surface area (Å²) in [6.07, 6.45) is 0.170. The minimum Gasteiger partial charge on any atom is -0.421 e. The van der Waals surface area contributed by atoms with Gasteiger partial charge in [-0.05, 0) is 17.7 Å². The maximum absolute atomic E-state index is 12.6. The van der Waals surface area contributed by atoms with E-state index in [-0.39, 0.29) is 12.0 Å². The Morgan fingerprint density at radius 3 is 2.62 bits per heavy atom. The van der Waals surface area contributed by atoms with Gasteiger partial charge in [0.05, 0.1) is 11.3 Å². The second-order valence-electron chi connectivity index (χ2n) is 5.87. The third kappa shape index (κ3) is 3.19. The van der Waals surface area contributed by atoms with Gasteiger partial charge in [0.25, 0.3) is 5.91 Å². The fraction of sp³-hybridized carbons (Fsp3) is 0.158. The first-order chi connectivity index (χ1) is 12.7. The summed E-state index contributed by atoms with van der Waals surface area (Å²) in [6, 6.07) is 16.9. The van der Waals surface area contributed by atoms with E-state index in [0.717, 1.165) is 5.56 Å². The van der Waals surface area contributed by atoms with Gasteiger partial charge in [-0.2, -0.15) is 0 Å². The van der Waals surface area contributed by atoms with Crippen LogP contribution >= 0.6 is 0 Å². The number of aryl methyl sites for hydroxylation is 1. The normalized spacial score (nSPS) is 16.0. The van der Waals surface area contributed by atoms with E-state index in [2.05, 4.69) is 20.7 Å². The number of oxime groups is 1. The average Bonchev–Trinajstić information content (AvgIpc) is 3.32. The van der Waals surface area contributed by atoms with Crippen molar-refractivity contribution in [2.45, 2.75) is 19.4 Å². The van der Waals surface area contributed by atoms with Crippen LogP contribution in [0.5, 0.6) is 0 Å². The molecule has 0 bridgehead atoms. The molecule has 1 aliphatic rings. The number of nitrogens with zero attached hydrogens (tertiary/aromatic N) is 3. The van der Waals surface area contributed by atoms with E-state index in [1.807, 2.05) is 48.5 Å². The Labute approximate surface area is 149 Å².